The van der Waals surface area contributed by atoms with E-state index in [0.29, 0.717) is 33.9 Å². The van der Waals surface area contributed by atoms with Crippen LogP contribution in [0.3, 0.4) is 0 Å². The second-order valence-electron chi connectivity index (χ2n) is 7.55. The molecule has 0 saturated carbocycles. The van der Waals surface area contributed by atoms with Gasteiger partial charge in [-0.25, -0.2) is 4.79 Å². The average Bonchev–Trinajstić information content (AvgIpc) is 2.53. The Labute approximate surface area is 158 Å². The fourth-order valence-electron chi connectivity index (χ4n) is 3.85. The largest absolute Gasteiger partial charge is 0.463 e. The van der Waals surface area contributed by atoms with E-state index in [1.165, 1.54) is 6.20 Å². The van der Waals surface area contributed by atoms with Crippen LogP contribution in [0.1, 0.15) is 52.0 Å². The Morgan fingerprint density at radius 1 is 1.42 bits per heavy atom. The summed E-state index contributed by atoms with van der Waals surface area (Å²) < 4.78 is 5.27. The first-order chi connectivity index (χ1) is 12.2. The summed E-state index contributed by atoms with van der Waals surface area (Å²) in [7, 11) is 0. The Balaban J connectivity index is 2.21. The second-order valence-corrected chi connectivity index (χ2v) is 7.95. The number of esters is 1. The molecule has 1 aliphatic heterocycles. The van der Waals surface area contributed by atoms with Crippen LogP contribution in [0.25, 0.3) is 0 Å². The molecule has 0 aromatic carbocycles. The van der Waals surface area contributed by atoms with E-state index >= 15 is 0 Å². The Kier molecular flexibility index (Phi) is 4.93. The van der Waals surface area contributed by atoms with Gasteiger partial charge in [0.1, 0.15) is 0 Å². The highest BCUT2D eigenvalue weighted by atomic mass is 35.5. The fourth-order valence-corrected chi connectivity index (χ4v) is 4.08. The van der Waals surface area contributed by atoms with Gasteiger partial charge in [-0.1, -0.05) is 25.4 Å². The molecule has 138 valence electrons. The minimum absolute atomic E-state index is 0.0379. The van der Waals surface area contributed by atoms with E-state index in [2.05, 4.69) is 24.1 Å². The number of nitrogens with one attached hydrogen (secondary N) is 1. The molecule has 1 aliphatic carbocycles. The minimum atomic E-state index is -0.538. The molecule has 0 unspecified atom stereocenters. The van der Waals surface area contributed by atoms with Crippen molar-refractivity contribution < 1.29 is 14.3 Å². The van der Waals surface area contributed by atoms with E-state index in [0.717, 1.165) is 12.1 Å². The lowest BCUT2D eigenvalue weighted by molar-refractivity contribution is -0.138. The lowest BCUT2D eigenvalue weighted by atomic mass is 9.68. The summed E-state index contributed by atoms with van der Waals surface area (Å²) in [5.41, 5.74) is 3.20. The van der Waals surface area contributed by atoms with Crippen LogP contribution in [0.15, 0.2) is 41.0 Å². The molecule has 1 atom stereocenters. The molecule has 0 radical (unpaired) electrons. The summed E-state index contributed by atoms with van der Waals surface area (Å²) in [5, 5.41) is 3.72. The van der Waals surface area contributed by atoms with Crippen molar-refractivity contribution in [2.24, 2.45) is 5.41 Å². The third kappa shape index (κ3) is 3.28. The third-order valence-electron chi connectivity index (χ3n) is 4.85. The summed E-state index contributed by atoms with van der Waals surface area (Å²) in [6.07, 6.45) is 4.33. The number of allylic oxidation sites excluding steroid dienone is 3. The van der Waals surface area contributed by atoms with Gasteiger partial charge in [-0.3, -0.25) is 9.78 Å². The number of halogens is 1. The van der Waals surface area contributed by atoms with Gasteiger partial charge in [-0.05, 0) is 37.3 Å². The number of ether oxygens (including phenoxy) is 1. The van der Waals surface area contributed by atoms with Gasteiger partial charge in [0.2, 0.25) is 0 Å². The molecule has 1 aromatic rings. The van der Waals surface area contributed by atoms with Crippen molar-refractivity contribution in [1.82, 2.24) is 10.3 Å². The average molecular weight is 375 g/mol. The van der Waals surface area contributed by atoms with Gasteiger partial charge in [0.15, 0.2) is 5.78 Å². The maximum atomic E-state index is 13.0. The standard InChI is InChI=1S/C20H23ClN2O3/c1-5-26-19(25)16-11(2)23-14-8-20(3,4)9-15(24)18(14)17(16)12-6-7-22-10-13(12)21/h6-7,10,17,23H,5,8-9H2,1-4H3/t17-/m0/s1. The Hall–Kier alpha value is -2.14. The van der Waals surface area contributed by atoms with Crippen molar-refractivity contribution in [2.45, 2.75) is 46.5 Å². The Bertz CT molecular complexity index is 839. The van der Waals surface area contributed by atoms with Crippen molar-refractivity contribution in [3.63, 3.8) is 0 Å². The fraction of sp³-hybridized carbons (Fsp3) is 0.450. The van der Waals surface area contributed by atoms with Crippen molar-refractivity contribution in [2.75, 3.05) is 6.61 Å². The normalized spacial score (nSPS) is 22.0. The van der Waals surface area contributed by atoms with Crippen LogP contribution in [0.4, 0.5) is 0 Å². The highest BCUT2D eigenvalue weighted by Gasteiger charge is 2.43. The predicted octanol–water partition coefficient (Wildman–Crippen LogP) is 3.90. The first-order valence-corrected chi connectivity index (χ1v) is 9.13. The summed E-state index contributed by atoms with van der Waals surface area (Å²) in [5.74, 6) is -0.931. The summed E-state index contributed by atoms with van der Waals surface area (Å²) in [4.78, 5) is 29.8. The van der Waals surface area contributed by atoms with E-state index in [1.807, 2.05) is 6.92 Å². The number of hydrogen-bond donors (Lipinski definition) is 1. The molecule has 0 spiro atoms. The number of nitrogens with zero attached hydrogens (tertiary/aromatic N) is 1. The number of pyridine rings is 1. The molecule has 6 heteroatoms. The zero-order chi connectivity index (χ0) is 19.1. The number of rotatable bonds is 3. The first kappa shape index (κ1) is 18.6. The molecule has 2 heterocycles. The molecule has 0 fully saturated rings. The predicted molar refractivity (Wildman–Crippen MR) is 99.5 cm³/mol. The quantitative estimate of drug-likeness (QED) is 0.812. The molecule has 3 rings (SSSR count). The molecule has 1 N–H and O–H groups in total. The van der Waals surface area contributed by atoms with Crippen molar-refractivity contribution in [3.8, 4) is 0 Å². The SMILES string of the molecule is CCOC(=O)C1=C(C)NC2=C(C(=O)CC(C)(C)C2)[C@H]1c1ccncc1Cl. The van der Waals surface area contributed by atoms with Crippen LogP contribution >= 0.6 is 11.6 Å². The number of Topliss-reactive ketones (excluding diaryl/α,β-unsaturated/α-hetero) is 1. The monoisotopic (exact) mass is 374 g/mol. The lowest BCUT2D eigenvalue weighted by Crippen LogP contribution is -2.38. The van der Waals surface area contributed by atoms with Crippen LogP contribution in [0.5, 0.6) is 0 Å². The summed E-state index contributed by atoms with van der Waals surface area (Å²) in [6, 6.07) is 1.77. The Morgan fingerprint density at radius 3 is 2.81 bits per heavy atom. The number of carbonyl (C=O) groups is 2. The van der Waals surface area contributed by atoms with Gasteiger partial charge < -0.3 is 10.1 Å². The smallest absolute Gasteiger partial charge is 0.336 e. The molecular weight excluding hydrogens is 352 g/mol. The number of dihydropyridines is 1. The van der Waals surface area contributed by atoms with E-state index in [9.17, 15) is 9.59 Å². The molecule has 0 saturated heterocycles. The minimum Gasteiger partial charge on any atom is -0.463 e. The van der Waals surface area contributed by atoms with Gasteiger partial charge in [-0.15, -0.1) is 0 Å². The molecular formula is C20H23ClN2O3. The van der Waals surface area contributed by atoms with Gasteiger partial charge >= 0.3 is 5.97 Å². The maximum Gasteiger partial charge on any atom is 0.336 e. The zero-order valence-corrected chi connectivity index (χ0v) is 16.2. The Morgan fingerprint density at radius 2 is 2.15 bits per heavy atom. The maximum absolute atomic E-state index is 13.0. The number of ketones is 1. The van der Waals surface area contributed by atoms with E-state index in [1.54, 1.807) is 19.2 Å². The van der Waals surface area contributed by atoms with Crippen molar-refractivity contribution in [3.05, 3.63) is 51.6 Å². The van der Waals surface area contributed by atoms with Crippen LogP contribution in [0.2, 0.25) is 5.02 Å². The van der Waals surface area contributed by atoms with Crippen LogP contribution in [-0.2, 0) is 14.3 Å². The summed E-state index contributed by atoms with van der Waals surface area (Å²) in [6.45, 7) is 8.01. The van der Waals surface area contributed by atoms with E-state index in [4.69, 9.17) is 16.3 Å². The first-order valence-electron chi connectivity index (χ1n) is 8.75. The van der Waals surface area contributed by atoms with Gasteiger partial charge in [-0.2, -0.15) is 0 Å². The molecule has 0 bridgehead atoms. The van der Waals surface area contributed by atoms with E-state index < -0.39 is 11.9 Å². The van der Waals surface area contributed by atoms with Gasteiger partial charge in [0, 0.05) is 41.7 Å². The number of carbonyl (C=O) groups excluding carboxylic acids is 2. The molecule has 0 amide bonds. The van der Waals surface area contributed by atoms with Crippen LogP contribution in [0, 0.1) is 5.41 Å². The van der Waals surface area contributed by atoms with Gasteiger partial charge in [0.25, 0.3) is 0 Å². The van der Waals surface area contributed by atoms with Crippen molar-refractivity contribution >= 4 is 23.4 Å². The second kappa shape index (κ2) is 6.88. The highest BCUT2D eigenvalue weighted by Crippen LogP contribution is 2.47. The van der Waals surface area contributed by atoms with Gasteiger partial charge in [0.05, 0.1) is 17.2 Å². The highest BCUT2D eigenvalue weighted by molar-refractivity contribution is 6.31. The molecule has 5 nitrogen and oxygen atoms in total. The van der Waals surface area contributed by atoms with Crippen molar-refractivity contribution in [1.29, 1.82) is 0 Å². The van der Waals surface area contributed by atoms with Crippen LogP contribution in [-0.4, -0.2) is 23.3 Å². The summed E-state index contributed by atoms with van der Waals surface area (Å²) >= 11 is 6.40. The lowest BCUT2D eigenvalue weighted by Gasteiger charge is -2.39. The zero-order valence-electron chi connectivity index (χ0n) is 15.5. The van der Waals surface area contributed by atoms with Crippen LogP contribution < -0.4 is 5.32 Å². The molecule has 26 heavy (non-hydrogen) atoms. The molecule has 1 aromatic heterocycles. The molecule has 2 aliphatic rings. The van der Waals surface area contributed by atoms with E-state index in [-0.39, 0.29) is 17.8 Å². The third-order valence-corrected chi connectivity index (χ3v) is 5.17. The topological polar surface area (TPSA) is 68.3 Å². The number of hydrogen-bond acceptors (Lipinski definition) is 5. The number of aromatic nitrogens is 1.